The van der Waals surface area contributed by atoms with Crippen molar-refractivity contribution in [3.05, 3.63) is 64.7 Å². The molecule has 0 aromatic heterocycles. The third-order valence-electron chi connectivity index (χ3n) is 3.83. The fraction of sp³-hybridized carbons (Fsp3) is 0.278. The summed E-state index contributed by atoms with van der Waals surface area (Å²) in [4.78, 5) is 12.1. The Bertz CT molecular complexity index is 836. The Morgan fingerprint density at radius 2 is 1.76 bits per heavy atom. The molecule has 0 saturated carbocycles. The summed E-state index contributed by atoms with van der Waals surface area (Å²) in [6.45, 7) is 3.99. The van der Waals surface area contributed by atoms with Gasteiger partial charge in [-0.25, -0.2) is 13.1 Å². The van der Waals surface area contributed by atoms with Gasteiger partial charge in [0.05, 0.1) is 4.90 Å². The predicted molar refractivity (Wildman–Crippen MR) is 99.1 cm³/mol. The van der Waals surface area contributed by atoms with Crippen LogP contribution in [0.2, 0.25) is 5.02 Å². The molecule has 0 aliphatic heterocycles. The third-order valence-corrected chi connectivity index (χ3v) is 5.61. The number of benzene rings is 2. The first kappa shape index (κ1) is 19.4. The van der Waals surface area contributed by atoms with Crippen LogP contribution in [0.5, 0.6) is 0 Å². The lowest BCUT2D eigenvalue weighted by Crippen LogP contribution is -2.32. The molecule has 2 rings (SSSR count). The summed E-state index contributed by atoms with van der Waals surface area (Å²) in [5.74, 6) is -0.220. The molecule has 5 nitrogen and oxygen atoms in total. The molecule has 134 valence electrons. The van der Waals surface area contributed by atoms with Crippen LogP contribution in [-0.2, 0) is 16.6 Å². The van der Waals surface area contributed by atoms with E-state index < -0.39 is 10.0 Å². The van der Waals surface area contributed by atoms with Gasteiger partial charge in [-0.05, 0) is 49.2 Å². The highest BCUT2D eigenvalue weighted by Gasteiger charge is 2.16. The molecule has 2 aromatic rings. The Labute approximate surface area is 153 Å². The number of sulfonamides is 1. The van der Waals surface area contributed by atoms with Crippen LogP contribution in [-0.4, -0.2) is 20.4 Å². The van der Waals surface area contributed by atoms with Crippen LogP contribution >= 0.6 is 11.6 Å². The number of hydrogen-bond acceptors (Lipinski definition) is 3. The van der Waals surface area contributed by atoms with Gasteiger partial charge in [-0.1, -0.05) is 36.7 Å². The summed E-state index contributed by atoms with van der Waals surface area (Å²) in [6.07, 6.45) is 0.824. The van der Waals surface area contributed by atoms with Crippen molar-refractivity contribution in [3.8, 4) is 0 Å². The van der Waals surface area contributed by atoms with E-state index in [0.29, 0.717) is 16.1 Å². The normalized spacial score (nSPS) is 12.6. The minimum atomic E-state index is -3.69. The highest BCUT2D eigenvalue weighted by molar-refractivity contribution is 7.89. The van der Waals surface area contributed by atoms with Gasteiger partial charge in [0.15, 0.2) is 0 Å². The Hall–Kier alpha value is -1.89. The van der Waals surface area contributed by atoms with Crippen molar-refractivity contribution < 1.29 is 13.2 Å². The molecular weight excluding hydrogens is 360 g/mol. The molecule has 1 unspecified atom stereocenters. The lowest BCUT2D eigenvalue weighted by molar-refractivity contribution is 0.0939. The molecule has 0 aliphatic carbocycles. The standard InChI is InChI=1S/C18H21ClN2O3S/c1-3-13(2)21-18(22)14-8-10-16(11-9-14)25(23,24)20-12-15-6-4-5-7-17(15)19/h4-11,13,20H,3,12H2,1-2H3,(H,21,22). The van der Waals surface area contributed by atoms with E-state index in [2.05, 4.69) is 10.0 Å². The second-order valence-electron chi connectivity index (χ2n) is 5.72. The van der Waals surface area contributed by atoms with E-state index in [-0.39, 0.29) is 23.4 Å². The minimum Gasteiger partial charge on any atom is -0.350 e. The third kappa shape index (κ3) is 5.29. The number of hydrogen-bond donors (Lipinski definition) is 2. The van der Waals surface area contributed by atoms with Crippen molar-refractivity contribution in [3.63, 3.8) is 0 Å². The summed E-state index contributed by atoms with van der Waals surface area (Å²) < 4.78 is 27.2. The molecule has 0 saturated heterocycles. The second-order valence-corrected chi connectivity index (χ2v) is 7.90. The van der Waals surface area contributed by atoms with Gasteiger partial charge in [0.2, 0.25) is 10.0 Å². The number of carbonyl (C=O) groups excluding carboxylic acids is 1. The molecule has 7 heteroatoms. The van der Waals surface area contributed by atoms with E-state index in [4.69, 9.17) is 11.6 Å². The van der Waals surface area contributed by atoms with Crippen molar-refractivity contribution in [2.24, 2.45) is 0 Å². The quantitative estimate of drug-likeness (QED) is 0.773. The molecule has 0 bridgehead atoms. The van der Waals surface area contributed by atoms with Crippen LogP contribution in [0.3, 0.4) is 0 Å². The molecule has 2 N–H and O–H groups in total. The number of halogens is 1. The van der Waals surface area contributed by atoms with Gasteiger partial charge in [0, 0.05) is 23.2 Å². The van der Waals surface area contributed by atoms with Gasteiger partial charge >= 0.3 is 0 Å². The van der Waals surface area contributed by atoms with Gasteiger partial charge in [0.1, 0.15) is 0 Å². The molecule has 2 aromatic carbocycles. The fourth-order valence-corrected chi connectivity index (χ4v) is 3.30. The van der Waals surface area contributed by atoms with Crippen LogP contribution in [0.15, 0.2) is 53.4 Å². The number of carbonyl (C=O) groups is 1. The van der Waals surface area contributed by atoms with Crippen molar-refractivity contribution in [1.82, 2.24) is 10.0 Å². The Morgan fingerprint density at radius 1 is 1.12 bits per heavy atom. The predicted octanol–water partition coefficient (Wildman–Crippen LogP) is 3.35. The number of amides is 1. The minimum absolute atomic E-state index is 0.0631. The largest absolute Gasteiger partial charge is 0.350 e. The highest BCUT2D eigenvalue weighted by atomic mass is 35.5. The molecule has 0 radical (unpaired) electrons. The second kappa shape index (κ2) is 8.47. The van der Waals surface area contributed by atoms with Crippen LogP contribution in [0.25, 0.3) is 0 Å². The number of nitrogens with one attached hydrogen (secondary N) is 2. The summed E-state index contributed by atoms with van der Waals surface area (Å²) in [5.41, 5.74) is 1.11. The van der Waals surface area contributed by atoms with Gasteiger partial charge < -0.3 is 5.32 Å². The molecular formula is C18H21ClN2O3S. The summed E-state index contributed by atoms with van der Waals surface area (Å²) in [5, 5.41) is 3.34. The monoisotopic (exact) mass is 380 g/mol. The smallest absolute Gasteiger partial charge is 0.251 e. The van der Waals surface area contributed by atoms with Crippen LogP contribution < -0.4 is 10.0 Å². The Kier molecular flexibility index (Phi) is 6.58. The van der Waals surface area contributed by atoms with Crippen molar-refractivity contribution in [2.45, 2.75) is 37.8 Å². The molecule has 1 amide bonds. The molecule has 0 spiro atoms. The van der Waals surface area contributed by atoms with E-state index in [0.717, 1.165) is 6.42 Å². The first-order valence-corrected chi connectivity index (χ1v) is 9.83. The van der Waals surface area contributed by atoms with Gasteiger partial charge in [0.25, 0.3) is 5.91 Å². The van der Waals surface area contributed by atoms with Crippen molar-refractivity contribution in [2.75, 3.05) is 0 Å². The van der Waals surface area contributed by atoms with E-state index in [9.17, 15) is 13.2 Å². The zero-order chi connectivity index (χ0) is 18.4. The SMILES string of the molecule is CCC(C)NC(=O)c1ccc(S(=O)(=O)NCc2ccccc2Cl)cc1. The van der Waals surface area contributed by atoms with Gasteiger partial charge in [-0.15, -0.1) is 0 Å². The van der Waals surface area contributed by atoms with Crippen LogP contribution in [0.4, 0.5) is 0 Å². The molecule has 1 atom stereocenters. The Morgan fingerprint density at radius 3 is 2.36 bits per heavy atom. The average molecular weight is 381 g/mol. The maximum atomic E-state index is 12.4. The van der Waals surface area contributed by atoms with E-state index in [1.165, 1.54) is 24.3 Å². The van der Waals surface area contributed by atoms with Crippen molar-refractivity contribution >= 4 is 27.5 Å². The summed E-state index contributed by atoms with van der Waals surface area (Å²) in [6, 6.07) is 12.9. The summed E-state index contributed by atoms with van der Waals surface area (Å²) >= 11 is 6.03. The fourth-order valence-electron chi connectivity index (χ4n) is 2.09. The lowest BCUT2D eigenvalue weighted by atomic mass is 10.2. The molecule has 0 aliphatic rings. The molecule has 0 heterocycles. The first-order chi connectivity index (χ1) is 11.8. The lowest BCUT2D eigenvalue weighted by Gasteiger charge is -2.12. The highest BCUT2D eigenvalue weighted by Crippen LogP contribution is 2.16. The molecule has 0 fully saturated rings. The van der Waals surface area contributed by atoms with Crippen molar-refractivity contribution in [1.29, 1.82) is 0 Å². The Balaban J connectivity index is 2.07. The maximum Gasteiger partial charge on any atom is 0.251 e. The maximum absolute atomic E-state index is 12.4. The first-order valence-electron chi connectivity index (χ1n) is 7.97. The van der Waals surface area contributed by atoms with Gasteiger partial charge in [-0.2, -0.15) is 0 Å². The van der Waals surface area contributed by atoms with Crippen LogP contribution in [0.1, 0.15) is 36.2 Å². The van der Waals surface area contributed by atoms with Crippen LogP contribution in [0, 0.1) is 0 Å². The van der Waals surface area contributed by atoms with Gasteiger partial charge in [-0.3, -0.25) is 4.79 Å². The zero-order valence-corrected chi connectivity index (χ0v) is 15.7. The summed E-state index contributed by atoms with van der Waals surface area (Å²) in [7, 11) is -3.69. The van der Waals surface area contributed by atoms with E-state index >= 15 is 0 Å². The van der Waals surface area contributed by atoms with E-state index in [1.54, 1.807) is 24.3 Å². The zero-order valence-electron chi connectivity index (χ0n) is 14.1. The number of rotatable bonds is 7. The van der Waals surface area contributed by atoms with E-state index in [1.807, 2.05) is 13.8 Å². The topological polar surface area (TPSA) is 75.3 Å². The average Bonchev–Trinajstić information content (AvgIpc) is 2.61. The molecule has 25 heavy (non-hydrogen) atoms.